The van der Waals surface area contributed by atoms with Crippen molar-refractivity contribution < 1.29 is 0 Å². The normalized spacial score (nSPS) is 23.5. The molecule has 2 aliphatic rings. The molecule has 0 amide bonds. The summed E-state index contributed by atoms with van der Waals surface area (Å²) in [5, 5.41) is 3.49. The molecule has 0 aromatic rings. The van der Waals surface area contributed by atoms with Crippen LogP contribution < -0.4 is 5.32 Å². The van der Waals surface area contributed by atoms with E-state index in [0.29, 0.717) is 10.7 Å². The first-order chi connectivity index (χ1) is 10.5. The molecule has 4 nitrogen and oxygen atoms in total. The topological polar surface area (TPSA) is 30.9 Å². The molecule has 23 heavy (non-hydrogen) atoms. The molecule has 1 unspecified atom stereocenters. The molecule has 0 aliphatic carbocycles. The summed E-state index contributed by atoms with van der Waals surface area (Å²) >= 11 is 2.07. The van der Waals surface area contributed by atoms with Gasteiger partial charge in [0.25, 0.3) is 0 Å². The first kappa shape index (κ1) is 21.4. The van der Waals surface area contributed by atoms with E-state index in [-0.39, 0.29) is 24.0 Å². The maximum atomic E-state index is 4.94. The number of thioether (sulfide) groups is 1. The molecule has 0 aromatic carbocycles. The van der Waals surface area contributed by atoms with Gasteiger partial charge in [-0.3, -0.25) is 4.99 Å². The number of guanidine groups is 1. The molecule has 2 rings (SSSR count). The van der Waals surface area contributed by atoms with Gasteiger partial charge in [-0.25, -0.2) is 0 Å². The smallest absolute Gasteiger partial charge is 0.193 e. The van der Waals surface area contributed by atoms with Crippen LogP contribution in [0.5, 0.6) is 0 Å². The van der Waals surface area contributed by atoms with E-state index in [0.717, 1.165) is 32.1 Å². The van der Waals surface area contributed by atoms with Crippen molar-refractivity contribution in [2.75, 3.05) is 51.6 Å². The first-order valence-electron chi connectivity index (χ1n) is 8.90. The zero-order valence-corrected chi connectivity index (χ0v) is 18.5. The Morgan fingerprint density at radius 2 is 1.96 bits per heavy atom. The van der Waals surface area contributed by atoms with Crippen molar-refractivity contribution in [1.29, 1.82) is 0 Å². The minimum atomic E-state index is 0. The lowest BCUT2D eigenvalue weighted by molar-refractivity contribution is 0.290. The van der Waals surface area contributed by atoms with Gasteiger partial charge in [-0.2, -0.15) is 11.8 Å². The Hall–Kier alpha value is 0.310. The van der Waals surface area contributed by atoms with Crippen LogP contribution in [0.4, 0.5) is 0 Å². The van der Waals surface area contributed by atoms with Gasteiger partial charge in [-0.05, 0) is 52.6 Å². The van der Waals surface area contributed by atoms with E-state index in [1.807, 2.05) is 0 Å². The van der Waals surface area contributed by atoms with Crippen molar-refractivity contribution >= 4 is 41.7 Å². The molecule has 136 valence electrons. The van der Waals surface area contributed by atoms with Crippen LogP contribution in [0, 0.1) is 5.92 Å². The number of halogens is 1. The van der Waals surface area contributed by atoms with Crippen LogP contribution in [0.2, 0.25) is 0 Å². The summed E-state index contributed by atoms with van der Waals surface area (Å²) in [4.78, 5) is 9.98. The highest BCUT2D eigenvalue weighted by molar-refractivity contribution is 14.0. The highest BCUT2D eigenvalue weighted by Crippen LogP contribution is 2.29. The fraction of sp³-hybridized carbons (Fsp3) is 0.941. The molecule has 0 aromatic heterocycles. The summed E-state index contributed by atoms with van der Waals surface area (Å²) < 4.78 is 0.329. The van der Waals surface area contributed by atoms with Crippen LogP contribution in [-0.4, -0.2) is 72.1 Å². The number of likely N-dealkylation sites (tertiary alicyclic amines) is 1. The highest BCUT2D eigenvalue weighted by atomic mass is 127. The van der Waals surface area contributed by atoms with Crippen molar-refractivity contribution in [2.45, 2.75) is 45.3 Å². The van der Waals surface area contributed by atoms with E-state index in [1.165, 1.54) is 38.2 Å². The summed E-state index contributed by atoms with van der Waals surface area (Å²) in [5.41, 5.74) is 0. The van der Waals surface area contributed by atoms with Gasteiger partial charge in [-0.15, -0.1) is 24.0 Å². The van der Waals surface area contributed by atoms with E-state index in [9.17, 15) is 0 Å². The van der Waals surface area contributed by atoms with E-state index in [1.54, 1.807) is 0 Å². The standard InChI is InChI=1S/C17H34N4S.HI/c1-5-18-16(21-10-11-22-17(3,4)14-21)19-12-15(2)13-20-8-6-7-9-20;/h15H,5-14H2,1-4H3,(H,18,19);1H. The Bertz CT molecular complexity index is 370. The zero-order valence-electron chi connectivity index (χ0n) is 15.3. The molecule has 0 spiro atoms. The molecule has 0 bridgehead atoms. The van der Waals surface area contributed by atoms with Gasteiger partial charge in [-0.1, -0.05) is 6.92 Å². The number of aliphatic imine (C=N–C) groups is 1. The van der Waals surface area contributed by atoms with Crippen LogP contribution in [0.25, 0.3) is 0 Å². The maximum Gasteiger partial charge on any atom is 0.193 e. The van der Waals surface area contributed by atoms with Crippen molar-refractivity contribution in [3.63, 3.8) is 0 Å². The molecule has 2 aliphatic heterocycles. The number of nitrogens with zero attached hydrogens (tertiary/aromatic N) is 3. The van der Waals surface area contributed by atoms with Crippen LogP contribution in [-0.2, 0) is 0 Å². The lowest BCUT2D eigenvalue weighted by atomic mass is 10.1. The van der Waals surface area contributed by atoms with Gasteiger partial charge in [0.05, 0.1) is 0 Å². The monoisotopic (exact) mass is 454 g/mol. The molecule has 2 fully saturated rings. The SMILES string of the molecule is CCNC(=NCC(C)CN1CCCC1)N1CCSC(C)(C)C1.I. The second-order valence-electron chi connectivity index (χ2n) is 7.34. The summed E-state index contributed by atoms with van der Waals surface area (Å²) in [6.07, 6.45) is 2.75. The molecular formula is C17H35IN4S. The fourth-order valence-corrected chi connectivity index (χ4v) is 4.44. The lowest BCUT2D eigenvalue weighted by Gasteiger charge is -2.39. The quantitative estimate of drug-likeness (QED) is 0.393. The molecule has 2 heterocycles. The molecule has 0 radical (unpaired) electrons. The van der Waals surface area contributed by atoms with E-state index in [2.05, 4.69) is 54.6 Å². The predicted molar refractivity (Wildman–Crippen MR) is 114 cm³/mol. The number of nitrogens with one attached hydrogen (secondary N) is 1. The molecule has 6 heteroatoms. The first-order valence-corrected chi connectivity index (χ1v) is 9.88. The third-order valence-electron chi connectivity index (χ3n) is 4.38. The summed E-state index contributed by atoms with van der Waals surface area (Å²) in [7, 11) is 0. The van der Waals surface area contributed by atoms with Crippen molar-refractivity contribution in [3.05, 3.63) is 0 Å². The Kier molecular flexibility index (Phi) is 9.59. The van der Waals surface area contributed by atoms with Gasteiger partial charge in [0.1, 0.15) is 0 Å². The average molecular weight is 454 g/mol. The summed E-state index contributed by atoms with van der Waals surface area (Å²) in [6.45, 7) is 17.0. The van der Waals surface area contributed by atoms with Crippen molar-refractivity contribution in [2.24, 2.45) is 10.9 Å². The van der Waals surface area contributed by atoms with Crippen LogP contribution >= 0.6 is 35.7 Å². The van der Waals surface area contributed by atoms with Gasteiger partial charge in [0, 0.05) is 43.2 Å². The van der Waals surface area contributed by atoms with Gasteiger partial charge in [0.15, 0.2) is 5.96 Å². The summed E-state index contributed by atoms with van der Waals surface area (Å²) in [6, 6.07) is 0. The second kappa shape index (κ2) is 10.3. The minimum Gasteiger partial charge on any atom is -0.357 e. The van der Waals surface area contributed by atoms with Gasteiger partial charge >= 0.3 is 0 Å². The van der Waals surface area contributed by atoms with Crippen LogP contribution in [0.15, 0.2) is 4.99 Å². The average Bonchev–Trinajstić information content (AvgIpc) is 2.95. The van der Waals surface area contributed by atoms with Gasteiger partial charge in [0.2, 0.25) is 0 Å². The Morgan fingerprint density at radius 3 is 2.57 bits per heavy atom. The Labute approximate surface area is 164 Å². The van der Waals surface area contributed by atoms with Gasteiger partial charge < -0.3 is 15.1 Å². The largest absolute Gasteiger partial charge is 0.357 e. The Balaban J connectivity index is 0.00000264. The van der Waals surface area contributed by atoms with Crippen molar-refractivity contribution in [3.8, 4) is 0 Å². The van der Waals surface area contributed by atoms with E-state index >= 15 is 0 Å². The number of hydrogen-bond donors (Lipinski definition) is 1. The third kappa shape index (κ3) is 7.38. The van der Waals surface area contributed by atoms with Crippen molar-refractivity contribution in [1.82, 2.24) is 15.1 Å². The molecule has 0 saturated carbocycles. The molecule has 1 N–H and O–H groups in total. The molecular weight excluding hydrogens is 419 g/mol. The zero-order chi connectivity index (χ0) is 16.0. The number of hydrogen-bond acceptors (Lipinski definition) is 3. The van der Waals surface area contributed by atoms with Crippen LogP contribution in [0.3, 0.4) is 0 Å². The van der Waals surface area contributed by atoms with Crippen LogP contribution in [0.1, 0.15) is 40.5 Å². The number of rotatable bonds is 5. The maximum absolute atomic E-state index is 4.94. The third-order valence-corrected chi connectivity index (χ3v) is 5.68. The highest BCUT2D eigenvalue weighted by Gasteiger charge is 2.28. The Morgan fingerprint density at radius 1 is 1.26 bits per heavy atom. The van der Waals surface area contributed by atoms with E-state index < -0.39 is 0 Å². The lowest BCUT2D eigenvalue weighted by Crippen LogP contribution is -2.51. The second-order valence-corrected chi connectivity index (χ2v) is 9.14. The predicted octanol–water partition coefficient (Wildman–Crippen LogP) is 3.13. The fourth-order valence-electron chi connectivity index (χ4n) is 3.33. The molecule has 1 atom stereocenters. The molecule has 2 saturated heterocycles. The van der Waals surface area contributed by atoms with E-state index in [4.69, 9.17) is 4.99 Å². The minimum absolute atomic E-state index is 0. The summed E-state index contributed by atoms with van der Waals surface area (Å²) in [5.74, 6) is 2.95.